The van der Waals surface area contributed by atoms with E-state index in [1.54, 1.807) is 9.31 Å². The number of sulfonamides is 1. The molecule has 0 spiro atoms. The van der Waals surface area contributed by atoms with Gasteiger partial charge in [0.25, 0.3) is 0 Å². The van der Waals surface area contributed by atoms with Gasteiger partial charge < -0.3 is 5.32 Å². The van der Waals surface area contributed by atoms with Crippen molar-refractivity contribution in [1.82, 2.24) is 30.5 Å². The normalized spacial score (nSPS) is 40.7. The Morgan fingerprint density at radius 2 is 1.69 bits per heavy atom. The fraction of sp³-hybridized carbons (Fsp3) is 1.00. The summed E-state index contributed by atoms with van der Waals surface area (Å²) >= 11 is 0. The number of halogens is 3. The Balaban J connectivity index is 1.30. The van der Waals surface area contributed by atoms with E-state index in [2.05, 4.69) is 21.2 Å². The summed E-state index contributed by atoms with van der Waals surface area (Å²) in [5, 5.41) is 6.47. The highest BCUT2D eigenvalue weighted by atomic mass is 32.2. The van der Waals surface area contributed by atoms with Gasteiger partial charge in [-0.15, -0.1) is 0 Å². The van der Waals surface area contributed by atoms with Crippen molar-refractivity contribution in [2.75, 3.05) is 39.3 Å². The van der Waals surface area contributed by atoms with E-state index in [0.717, 1.165) is 45.2 Å². The molecule has 8 nitrogen and oxygen atoms in total. The molecule has 4 aliphatic heterocycles. The van der Waals surface area contributed by atoms with Crippen molar-refractivity contribution in [2.24, 2.45) is 11.8 Å². The average molecular weight is 481 g/mol. The summed E-state index contributed by atoms with van der Waals surface area (Å²) in [5.41, 5.74) is 6.60. The Morgan fingerprint density at radius 3 is 2.50 bits per heavy atom. The summed E-state index contributed by atoms with van der Waals surface area (Å²) in [6, 6.07) is 0.197. The van der Waals surface area contributed by atoms with E-state index in [1.807, 2.05) is 0 Å². The second-order valence-corrected chi connectivity index (χ2v) is 12.2. The number of hydrogen-bond acceptors (Lipinski definition) is 7. The van der Waals surface area contributed by atoms with Gasteiger partial charge in [-0.3, -0.25) is 10.9 Å². The monoisotopic (exact) mass is 480 g/mol. The van der Waals surface area contributed by atoms with Gasteiger partial charge >= 0.3 is 6.18 Å². The number of nitrogens with one attached hydrogen (secondary N) is 3. The van der Waals surface area contributed by atoms with E-state index < -0.39 is 33.5 Å². The summed E-state index contributed by atoms with van der Waals surface area (Å²) < 4.78 is 69.1. The molecule has 5 fully saturated rings. The van der Waals surface area contributed by atoms with Crippen molar-refractivity contribution in [2.45, 2.75) is 74.6 Å². The van der Waals surface area contributed by atoms with Gasteiger partial charge in [-0.05, 0) is 51.0 Å². The molecule has 5 rings (SSSR count). The maximum absolute atomic E-state index is 13.8. The standard InChI is InChI=1S/C20H35F3N6O2S/c21-20(22,23)15-6-7-24-18(10-15)28-13-16(12-26-28)32(30,31)29-9-2-1-8-27-19-14(11-25-27)4-3-5-17(19)29/h14-19,24-26H,1-13H2. The Hall–Kier alpha value is -0.500. The number of hydrazine groups is 2. The van der Waals surface area contributed by atoms with Crippen molar-refractivity contribution in [3.63, 3.8) is 0 Å². The molecule has 0 aromatic carbocycles. The van der Waals surface area contributed by atoms with Gasteiger partial charge in [-0.25, -0.2) is 18.4 Å². The zero-order valence-electron chi connectivity index (χ0n) is 18.4. The number of hydrogen-bond donors (Lipinski definition) is 3. The quantitative estimate of drug-likeness (QED) is 0.553. The first-order valence-corrected chi connectivity index (χ1v) is 13.6. The highest BCUT2D eigenvalue weighted by Crippen LogP contribution is 2.38. The van der Waals surface area contributed by atoms with Crippen LogP contribution < -0.4 is 16.2 Å². The van der Waals surface area contributed by atoms with E-state index in [9.17, 15) is 21.6 Å². The van der Waals surface area contributed by atoms with Crippen molar-refractivity contribution in [3.05, 3.63) is 0 Å². The first-order valence-electron chi connectivity index (χ1n) is 12.1. The van der Waals surface area contributed by atoms with E-state index in [4.69, 9.17) is 0 Å². The summed E-state index contributed by atoms with van der Waals surface area (Å²) in [4.78, 5) is 0. The van der Waals surface area contributed by atoms with Crippen molar-refractivity contribution in [1.29, 1.82) is 0 Å². The van der Waals surface area contributed by atoms with Crippen LogP contribution in [0.2, 0.25) is 0 Å². The molecular formula is C20H35F3N6O2S. The lowest BCUT2D eigenvalue weighted by molar-refractivity contribution is -0.187. The molecule has 6 atom stereocenters. The van der Waals surface area contributed by atoms with Crippen LogP contribution in [0.25, 0.3) is 0 Å². The van der Waals surface area contributed by atoms with Gasteiger partial charge in [-0.2, -0.15) is 17.5 Å². The van der Waals surface area contributed by atoms with E-state index >= 15 is 0 Å². The highest BCUT2D eigenvalue weighted by Gasteiger charge is 2.50. The lowest BCUT2D eigenvalue weighted by Crippen LogP contribution is -2.59. The molecule has 32 heavy (non-hydrogen) atoms. The van der Waals surface area contributed by atoms with E-state index in [0.29, 0.717) is 12.5 Å². The average Bonchev–Trinajstić information content (AvgIpc) is 3.39. The number of rotatable bonds is 3. The molecule has 1 saturated carbocycles. The van der Waals surface area contributed by atoms with Crippen LogP contribution in [-0.2, 0) is 10.0 Å². The second kappa shape index (κ2) is 8.94. The van der Waals surface area contributed by atoms with Gasteiger partial charge in [0.15, 0.2) is 0 Å². The summed E-state index contributed by atoms with van der Waals surface area (Å²) in [7, 11) is -3.58. The number of piperidine rings is 1. The van der Waals surface area contributed by atoms with Crippen LogP contribution in [-0.4, -0.2) is 91.7 Å². The van der Waals surface area contributed by atoms with Crippen molar-refractivity contribution in [3.8, 4) is 0 Å². The third kappa shape index (κ3) is 4.32. The minimum Gasteiger partial charge on any atom is -0.301 e. The molecule has 1 aliphatic carbocycles. The predicted octanol–water partition coefficient (Wildman–Crippen LogP) is 0.846. The predicted molar refractivity (Wildman–Crippen MR) is 114 cm³/mol. The Kier molecular flexibility index (Phi) is 6.49. The fourth-order valence-electron chi connectivity index (χ4n) is 6.47. The number of nitrogens with zero attached hydrogens (tertiary/aromatic N) is 3. The molecule has 0 bridgehead atoms. The molecule has 6 unspecified atom stereocenters. The minimum absolute atomic E-state index is 0.0227. The van der Waals surface area contributed by atoms with Gasteiger partial charge in [0.1, 0.15) is 5.25 Å². The van der Waals surface area contributed by atoms with Gasteiger partial charge in [-0.1, -0.05) is 6.42 Å². The van der Waals surface area contributed by atoms with Crippen LogP contribution in [0.1, 0.15) is 44.9 Å². The van der Waals surface area contributed by atoms with Crippen LogP contribution >= 0.6 is 0 Å². The lowest BCUT2D eigenvalue weighted by Gasteiger charge is -2.45. The van der Waals surface area contributed by atoms with Gasteiger partial charge in [0.2, 0.25) is 10.0 Å². The highest BCUT2D eigenvalue weighted by molar-refractivity contribution is 7.89. The zero-order valence-corrected chi connectivity index (χ0v) is 19.2. The summed E-state index contributed by atoms with van der Waals surface area (Å²) in [6.45, 7) is 3.16. The molecule has 4 saturated heterocycles. The Morgan fingerprint density at radius 1 is 0.906 bits per heavy atom. The summed E-state index contributed by atoms with van der Waals surface area (Å²) in [6.07, 6.45) is 0.114. The molecule has 3 N–H and O–H groups in total. The SMILES string of the molecule is O=S(=O)(C1CNN(C2CC(C(F)(F)F)CCN2)C1)N1CCCCN2NCC3CCCC1C32. The molecular weight excluding hydrogens is 445 g/mol. The maximum atomic E-state index is 13.8. The van der Waals surface area contributed by atoms with Crippen LogP contribution in [0, 0.1) is 11.8 Å². The molecule has 0 aromatic rings. The van der Waals surface area contributed by atoms with E-state index in [-0.39, 0.29) is 44.6 Å². The van der Waals surface area contributed by atoms with Crippen LogP contribution in [0.4, 0.5) is 13.2 Å². The van der Waals surface area contributed by atoms with Crippen LogP contribution in [0.5, 0.6) is 0 Å². The Labute approximate surface area is 188 Å². The molecule has 0 radical (unpaired) electrons. The third-order valence-electron chi connectivity index (χ3n) is 8.16. The van der Waals surface area contributed by atoms with Gasteiger partial charge in [0.05, 0.1) is 12.1 Å². The third-order valence-corrected chi connectivity index (χ3v) is 10.4. The molecule has 0 aromatic heterocycles. The lowest BCUT2D eigenvalue weighted by atomic mass is 9.81. The molecule has 4 heterocycles. The topological polar surface area (TPSA) is 80.0 Å². The maximum Gasteiger partial charge on any atom is 0.391 e. The largest absolute Gasteiger partial charge is 0.391 e. The smallest absolute Gasteiger partial charge is 0.301 e. The molecule has 0 amide bonds. The molecule has 5 aliphatic rings. The van der Waals surface area contributed by atoms with E-state index in [1.165, 1.54) is 0 Å². The summed E-state index contributed by atoms with van der Waals surface area (Å²) in [5.74, 6) is -0.867. The van der Waals surface area contributed by atoms with Gasteiger partial charge in [0, 0.05) is 44.8 Å². The first kappa shape index (κ1) is 23.3. The molecule has 12 heteroatoms. The van der Waals surface area contributed by atoms with Crippen molar-refractivity contribution >= 4 is 10.0 Å². The Bertz CT molecular complexity index is 784. The zero-order chi connectivity index (χ0) is 22.5. The fourth-order valence-corrected chi connectivity index (χ4v) is 8.48. The molecule has 184 valence electrons. The van der Waals surface area contributed by atoms with Crippen LogP contribution in [0.15, 0.2) is 0 Å². The van der Waals surface area contributed by atoms with Crippen LogP contribution in [0.3, 0.4) is 0 Å². The second-order valence-electron chi connectivity index (χ2n) is 10.0. The first-order chi connectivity index (χ1) is 15.2. The minimum atomic E-state index is -4.21. The number of alkyl halides is 3. The van der Waals surface area contributed by atoms with Crippen molar-refractivity contribution < 1.29 is 21.6 Å².